The number of aromatic nitrogens is 2. The minimum atomic E-state index is -0.0839. The second kappa shape index (κ2) is 5.54. The molecule has 5 heteroatoms. The maximum Gasteiger partial charge on any atom is 0.252 e. The Morgan fingerprint density at radius 3 is 3.00 bits per heavy atom. The highest BCUT2D eigenvalue weighted by Crippen LogP contribution is 2.11. The van der Waals surface area contributed by atoms with Gasteiger partial charge in [0.1, 0.15) is 0 Å². The van der Waals surface area contributed by atoms with E-state index in [1.807, 2.05) is 13.1 Å². The zero-order valence-electron chi connectivity index (χ0n) is 9.51. The average Bonchev–Trinajstić information content (AvgIpc) is 2.76. The fourth-order valence-electron chi connectivity index (χ4n) is 1.42. The molecule has 0 bridgehead atoms. The molecule has 17 heavy (non-hydrogen) atoms. The summed E-state index contributed by atoms with van der Waals surface area (Å²) in [6, 6.07) is 3.50. The lowest BCUT2D eigenvalue weighted by Crippen LogP contribution is -2.25. The normalized spacial score (nSPS) is 10.2. The number of amides is 1. The van der Waals surface area contributed by atoms with Gasteiger partial charge in [-0.3, -0.25) is 9.78 Å². The summed E-state index contributed by atoms with van der Waals surface area (Å²) in [5.41, 5.74) is 0.591. The van der Waals surface area contributed by atoms with Gasteiger partial charge < -0.3 is 5.32 Å². The zero-order chi connectivity index (χ0) is 12.1. The van der Waals surface area contributed by atoms with Gasteiger partial charge in [0.2, 0.25) is 0 Å². The summed E-state index contributed by atoms with van der Waals surface area (Å²) >= 11 is 1.66. The monoisotopic (exact) mass is 247 g/mol. The number of nitrogens with one attached hydrogen (secondary N) is 1. The lowest BCUT2D eigenvalue weighted by molar-refractivity contribution is 0.0954. The maximum atomic E-state index is 11.7. The Balaban J connectivity index is 1.81. The summed E-state index contributed by atoms with van der Waals surface area (Å²) in [5, 5.41) is 3.91. The predicted octanol–water partition coefficient (Wildman–Crippen LogP) is 1.82. The molecule has 88 valence electrons. The van der Waals surface area contributed by atoms with Crippen LogP contribution in [-0.4, -0.2) is 22.4 Å². The summed E-state index contributed by atoms with van der Waals surface area (Å²) in [7, 11) is 0. The molecule has 0 aliphatic rings. The smallest absolute Gasteiger partial charge is 0.252 e. The summed E-state index contributed by atoms with van der Waals surface area (Å²) in [5.74, 6) is -0.0839. The van der Waals surface area contributed by atoms with Crippen molar-refractivity contribution in [2.45, 2.75) is 13.3 Å². The van der Waals surface area contributed by atoms with Crippen molar-refractivity contribution in [3.63, 3.8) is 0 Å². The highest BCUT2D eigenvalue weighted by atomic mass is 32.1. The van der Waals surface area contributed by atoms with E-state index in [4.69, 9.17) is 0 Å². The van der Waals surface area contributed by atoms with Crippen LogP contribution in [0.3, 0.4) is 0 Å². The number of thiazole rings is 1. The predicted molar refractivity (Wildman–Crippen MR) is 67.1 cm³/mol. The molecule has 2 aromatic rings. The van der Waals surface area contributed by atoms with Crippen molar-refractivity contribution >= 4 is 17.2 Å². The third-order valence-electron chi connectivity index (χ3n) is 2.25. The van der Waals surface area contributed by atoms with Gasteiger partial charge in [-0.1, -0.05) is 0 Å². The molecule has 0 aromatic carbocycles. The molecule has 0 aliphatic heterocycles. The quantitative estimate of drug-likeness (QED) is 0.896. The SMILES string of the molecule is Cc1ncc(CCNC(=O)c2cccnc2)s1. The van der Waals surface area contributed by atoms with Crippen LogP contribution in [0.4, 0.5) is 0 Å². The Labute approximate surface area is 104 Å². The van der Waals surface area contributed by atoms with E-state index in [1.54, 1.807) is 35.9 Å². The summed E-state index contributed by atoms with van der Waals surface area (Å²) in [6.07, 6.45) is 5.89. The minimum absolute atomic E-state index is 0.0839. The minimum Gasteiger partial charge on any atom is -0.352 e. The second-order valence-electron chi connectivity index (χ2n) is 3.59. The van der Waals surface area contributed by atoms with Crippen LogP contribution in [0, 0.1) is 6.92 Å². The number of hydrogen-bond donors (Lipinski definition) is 1. The molecule has 2 rings (SSSR count). The van der Waals surface area contributed by atoms with Crippen molar-refractivity contribution < 1.29 is 4.79 Å². The van der Waals surface area contributed by atoms with Gasteiger partial charge in [-0.25, -0.2) is 4.98 Å². The Hall–Kier alpha value is -1.75. The van der Waals surface area contributed by atoms with E-state index in [-0.39, 0.29) is 5.91 Å². The van der Waals surface area contributed by atoms with Crippen molar-refractivity contribution in [1.29, 1.82) is 0 Å². The first-order valence-electron chi connectivity index (χ1n) is 5.35. The molecule has 0 radical (unpaired) electrons. The molecular weight excluding hydrogens is 234 g/mol. The van der Waals surface area contributed by atoms with E-state index < -0.39 is 0 Å². The number of carbonyl (C=O) groups is 1. The average molecular weight is 247 g/mol. The van der Waals surface area contributed by atoms with Crippen LogP contribution < -0.4 is 5.32 Å². The largest absolute Gasteiger partial charge is 0.352 e. The van der Waals surface area contributed by atoms with Gasteiger partial charge in [-0.2, -0.15) is 0 Å². The van der Waals surface area contributed by atoms with Crippen LogP contribution in [0.5, 0.6) is 0 Å². The van der Waals surface area contributed by atoms with Gasteiger partial charge in [0.05, 0.1) is 10.6 Å². The van der Waals surface area contributed by atoms with Crippen molar-refractivity contribution in [3.8, 4) is 0 Å². The standard InChI is InChI=1S/C12H13N3OS/c1-9-15-8-11(17-9)4-6-14-12(16)10-3-2-5-13-7-10/h2-3,5,7-8H,4,6H2,1H3,(H,14,16). The Bertz CT molecular complexity index is 495. The Morgan fingerprint density at radius 1 is 1.47 bits per heavy atom. The van der Waals surface area contributed by atoms with Crippen LogP contribution >= 0.6 is 11.3 Å². The van der Waals surface area contributed by atoms with Crippen LogP contribution in [-0.2, 0) is 6.42 Å². The van der Waals surface area contributed by atoms with Gasteiger partial charge in [0.15, 0.2) is 0 Å². The van der Waals surface area contributed by atoms with Crippen LogP contribution in [0.2, 0.25) is 0 Å². The second-order valence-corrected chi connectivity index (χ2v) is 4.91. The Kier molecular flexibility index (Phi) is 3.82. The molecule has 0 spiro atoms. The Morgan fingerprint density at radius 2 is 2.35 bits per heavy atom. The van der Waals surface area contributed by atoms with Crippen molar-refractivity contribution in [2.75, 3.05) is 6.54 Å². The lowest BCUT2D eigenvalue weighted by atomic mass is 10.2. The highest BCUT2D eigenvalue weighted by Gasteiger charge is 2.04. The van der Waals surface area contributed by atoms with Crippen LogP contribution in [0.1, 0.15) is 20.2 Å². The van der Waals surface area contributed by atoms with Crippen molar-refractivity contribution in [2.24, 2.45) is 0 Å². The maximum absolute atomic E-state index is 11.7. The molecular formula is C12H13N3OS. The summed E-state index contributed by atoms with van der Waals surface area (Å²) in [6.45, 7) is 2.59. The van der Waals surface area contributed by atoms with E-state index in [0.717, 1.165) is 11.4 Å². The fraction of sp³-hybridized carbons (Fsp3) is 0.250. The first-order chi connectivity index (χ1) is 8.25. The first kappa shape index (κ1) is 11.7. The van der Waals surface area contributed by atoms with E-state index in [2.05, 4.69) is 15.3 Å². The number of rotatable bonds is 4. The number of nitrogens with zero attached hydrogens (tertiary/aromatic N) is 2. The zero-order valence-corrected chi connectivity index (χ0v) is 10.3. The topological polar surface area (TPSA) is 54.9 Å². The molecule has 2 heterocycles. The third-order valence-corrected chi connectivity index (χ3v) is 3.22. The van der Waals surface area contributed by atoms with E-state index >= 15 is 0 Å². The molecule has 0 fully saturated rings. The molecule has 0 atom stereocenters. The van der Waals surface area contributed by atoms with E-state index in [0.29, 0.717) is 12.1 Å². The summed E-state index contributed by atoms with van der Waals surface area (Å²) in [4.78, 5) is 20.9. The molecule has 0 saturated heterocycles. The van der Waals surface area contributed by atoms with Gasteiger partial charge >= 0.3 is 0 Å². The van der Waals surface area contributed by atoms with Crippen LogP contribution in [0.25, 0.3) is 0 Å². The highest BCUT2D eigenvalue weighted by molar-refractivity contribution is 7.11. The number of pyridine rings is 1. The number of hydrogen-bond acceptors (Lipinski definition) is 4. The van der Waals surface area contributed by atoms with Crippen molar-refractivity contribution in [3.05, 3.63) is 46.2 Å². The first-order valence-corrected chi connectivity index (χ1v) is 6.17. The third kappa shape index (κ3) is 3.35. The van der Waals surface area contributed by atoms with E-state index in [1.165, 1.54) is 4.88 Å². The molecule has 0 aliphatic carbocycles. The summed E-state index contributed by atoms with van der Waals surface area (Å²) < 4.78 is 0. The molecule has 1 amide bonds. The van der Waals surface area contributed by atoms with Gasteiger partial charge in [0, 0.05) is 36.4 Å². The van der Waals surface area contributed by atoms with Gasteiger partial charge in [-0.05, 0) is 19.1 Å². The molecule has 2 aromatic heterocycles. The van der Waals surface area contributed by atoms with Crippen molar-refractivity contribution in [1.82, 2.24) is 15.3 Å². The van der Waals surface area contributed by atoms with Gasteiger partial charge in [0.25, 0.3) is 5.91 Å². The molecule has 1 N–H and O–H groups in total. The lowest BCUT2D eigenvalue weighted by Gasteiger charge is -2.03. The molecule has 4 nitrogen and oxygen atoms in total. The van der Waals surface area contributed by atoms with Crippen LogP contribution in [0.15, 0.2) is 30.7 Å². The van der Waals surface area contributed by atoms with E-state index in [9.17, 15) is 4.79 Å². The molecule has 0 unspecified atom stereocenters. The molecule has 0 saturated carbocycles. The number of carbonyl (C=O) groups excluding carboxylic acids is 1. The van der Waals surface area contributed by atoms with Gasteiger partial charge in [-0.15, -0.1) is 11.3 Å². The number of aryl methyl sites for hydroxylation is 1. The fourth-order valence-corrected chi connectivity index (χ4v) is 2.21.